The summed E-state index contributed by atoms with van der Waals surface area (Å²) in [6.07, 6.45) is 3.73. The van der Waals surface area contributed by atoms with Crippen LogP contribution in [0.1, 0.15) is 62.5 Å². The molecule has 1 aromatic carbocycles. The highest BCUT2D eigenvalue weighted by molar-refractivity contribution is 7.85. The van der Waals surface area contributed by atoms with Crippen molar-refractivity contribution in [2.75, 3.05) is 5.75 Å². The first-order valence-electron chi connectivity index (χ1n) is 8.71. The van der Waals surface area contributed by atoms with Gasteiger partial charge in [0.15, 0.2) is 0 Å². The van der Waals surface area contributed by atoms with E-state index in [-0.39, 0.29) is 11.2 Å². The highest BCUT2D eigenvalue weighted by Crippen LogP contribution is 2.43. The molecule has 1 aromatic rings. The van der Waals surface area contributed by atoms with Crippen LogP contribution in [-0.2, 0) is 22.7 Å². The van der Waals surface area contributed by atoms with Crippen molar-refractivity contribution in [3.8, 4) is 0 Å². The van der Waals surface area contributed by atoms with E-state index in [0.717, 1.165) is 56.2 Å². The molecule has 0 spiro atoms. The summed E-state index contributed by atoms with van der Waals surface area (Å²) in [5, 5.41) is 0. The van der Waals surface area contributed by atoms with Crippen LogP contribution in [0.4, 0.5) is 13.2 Å². The summed E-state index contributed by atoms with van der Waals surface area (Å²) in [6, 6.07) is 5.36. The maximum absolute atomic E-state index is 12.7. The Kier molecular flexibility index (Phi) is 6.54. The molecule has 0 unspecified atom stereocenters. The van der Waals surface area contributed by atoms with Gasteiger partial charge in [0, 0.05) is 0 Å². The lowest BCUT2D eigenvalue weighted by atomic mass is 9.67. The van der Waals surface area contributed by atoms with Crippen molar-refractivity contribution in [3.05, 3.63) is 35.4 Å². The molecule has 2 rings (SSSR count). The van der Waals surface area contributed by atoms with E-state index in [1.54, 1.807) is 12.1 Å². The molecule has 0 aliphatic heterocycles. The quantitative estimate of drug-likeness (QED) is 0.520. The molecule has 1 saturated carbocycles. The van der Waals surface area contributed by atoms with Crippen LogP contribution in [-0.4, -0.2) is 18.7 Å². The summed E-state index contributed by atoms with van der Waals surface area (Å²) in [5.74, 6) is -0.233. The van der Waals surface area contributed by atoms with Gasteiger partial charge in [0.05, 0.1) is 11.3 Å². The Hall–Kier alpha value is -1.08. The van der Waals surface area contributed by atoms with Crippen LogP contribution < -0.4 is 0 Å². The molecular weight excluding hydrogens is 353 g/mol. The van der Waals surface area contributed by atoms with Crippen molar-refractivity contribution in [1.82, 2.24) is 0 Å². The van der Waals surface area contributed by atoms with Gasteiger partial charge in [-0.15, -0.1) is 0 Å². The van der Waals surface area contributed by atoms with E-state index in [9.17, 15) is 21.6 Å². The molecule has 1 fully saturated rings. The molecule has 0 bridgehead atoms. The highest BCUT2D eigenvalue weighted by atomic mass is 32.2. The van der Waals surface area contributed by atoms with Gasteiger partial charge < -0.3 is 0 Å². The maximum Gasteiger partial charge on any atom is 0.416 e. The Morgan fingerprint density at radius 3 is 2.12 bits per heavy atom. The molecule has 1 N–H and O–H groups in total. The molecular formula is C18H25F3O3S. The summed E-state index contributed by atoms with van der Waals surface area (Å²) in [5.41, 5.74) is 0.281. The van der Waals surface area contributed by atoms with E-state index < -0.39 is 21.9 Å². The fourth-order valence-electron chi connectivity index (χ4n) is 3.85. The Balaban J connectivity index is 2.01. The van der Waals surface area contributed by atoms with Crippen LogP contribution in [0.3, 0.4) is 0 Å². The van der Waals surface area contributed by atoms with Crippen molar-refractivity contribution in [2.45, 2.75) is 64.0 Å². The minimum Gasteiger partial charge on any atom is -0.286 e. The maximum atomic E-state index is 12.7. The molecule has 0 amide bonds. The molecule has 25 heavy (non-hydrogen) atoms. The third-order valence-corrected chi connectivity index (χ3v) is 5.94. The molecule has 3 nitrogen and oxygen atoms in total. The predicted octanol–water partition coefficient (Wildman–Crippen LogP) is 5.26. The van der Waals surface area contributed by atoms with Gasteiger partial charge in [0.1, 0.15) is 0 Å². The zero-order chi connectivity index (χ0) is 18.6. The van der Waals surface area contributed by atoms with E-state index in [0.29, 0.717) is 12.8 Å². The first-order chi connectivity index (χ1) is 11.6. The largest absolute Gasteiger partial charge is 0.416 e. The van der Waals surface area contributed by atoms with E-state index in [1.807, 2.05) is 0 Å². The van der Waals surface area contributed by atoms with Crippen LogP contribution in [0.2, 0.25) is 0 Å². The number of hydrogen-bond donors (Lipinski definition) is 1. The van der Waals surface area contributed by atoms with Crippen molar-refractivity contribution in [1.29, 1.82) is 0 Å². The van der Waals surface area contributed by atoms with Gasteiger partial charge >= 0.3 is 6.18 Å². The lowest BCUT2D eigenvalue weighted by molar-refractivity contribution is -0.137. The zero-order valence-electron chi connectivity index (χ0n) is 14.2. The summed E-state index contributed by atoms with van der Waals surface area (Å²) < 4.78 is 68.5. The van der Waals surface area contributed by atoms with Crippen molar-refractivity contribution < 1.29 is 26.1 Å². The fourth-order valence-corrected chi connectivity index (χ4v) is 4.41. The minimum atomic E-state index is -4.32. The summed E-state index contributed by atoms with van der Waals surface area (Å²) in [7, 11) is -3.93. The number of alkyl halides is 3. The monoisotopic (exact) mass is 378 g/mol. The molecule has 0 aromatic heterocycles. The average molecular weight is 378 g/mol. The smallest absolute Gasteiger partial charge is 0.286 e. The third kappa shape index (κ3) is 6.62. The average Bonchev–Trinajstić information content (AvgIpc) is 2.51. The molecule has 0 saturated heterocycles. The first kappa shape index (κ1) is 20.2. The van der Waals surface area contributed by atoms with Gasteiger partial charge in [-0.1, -0.05) is 37.8 Å². The van der Waals surface area contributed by atoms with Crippen molar-refractivity contribution in [2.24, 2.45) is 5.41 Å². The molecule has 1 aliphatic carbocycles. The molecule has 142 valence electrons. The zero-order valence-corrected chi connectivity index (χ0v) is 15.0. The number of rotatable bonds is 7. The number of halogens is 3. The molecule has 0 radical (unpaired) electrons. The van der Waals surface area contributed by atoms with Gasteiger partial charge in [-0.2, -0.15) is 21.6 Å². The van der Waals surface area contributed by atoms with Crippen molar-refractivity contribution in [3.63, 3.8) is 0 Å². The predicted molar refractivity (Wildman–Crippen MR) is 90.9 cm³/mol. The Labute approximate surface area is 147 Å². The Bertz CT molecular complexity index is 645. The second kappa shape index (κ2) is 8.08. The summed E-state index contributed by atoms with van der Waals surface area (Å²) >= 11 is 0. The molecule has 1 aliphatic rings. The third-order valence-electron chi connectivity index (χ3n) is 5.13. The second-order valence-corrected chi connectivity index (χ2v) is 8.75. The van der Waals surface area contributed by atoms with E-state index in [2.05, 4.69) is 0 Å². The van der Waals surface area contributed by atoms with Crippen LogP contribution >= 0.6 is 0 Å². The molecule has 0 heterocycles. The normalized spacial score (nSPS) is 18.2. The number of hydrogen-bond acceptors (Lipinski definition) is 2. The molecule has 7 heteroatoms. The van der Waals surface area contributed by atoms with Gasteiger partial charge in [-0.05, 0) is 55.2 Å². The van der Waals surface area contributed by atoms with Gasteiger partial charge in [0.2, 0.25) is 0 Å². The minimum absolute atomic E-state index is 0.0250. The molecule has 0 atom stereocenters. The standard InChI is InChI=1S/C18H25F3O3S/c19-18(20,21)16-8-6-15(7-9-16)14-17(10-2-1-3-11-17)12-4-5-13-25(22,23)24/h6-9H,1-5,10-14H2,(H,22,23,24). The fraction of sp³-hybridized carbons (Fsp3) is 0.667. The van der Waals surface area contributed by atoms with Crippen molar-refractivity contribution >= 4 is 10.1 Å². The summed E-state index contributed by atoms with van der Waals surface area (Å²) in [4.78, 5) is 0. The van der Waals surface area contributed by atoms with Crippen LogP contribution in [0.25, 0.3) is 0 Å². The van der Waals surface area contributed by atoms with E-state index in [1.165, 1.54) is 6.42 Å². The lowest BCUT2D eigenvalue weighted by Gasteiger charge is -2.38. The lowest BCUT2D eigenvalue weighted by Crippen LogP contribution is -2.27. The summed E-state index contributed by atoms with van der Waals surface area (Å²) in [6.45, 7) is 0. The van der Waals surface area contributed by atoms with Gasteiger partial charge in [0.25, 0.3) is 10.1 Å². The van der Waals surface area contributed by atoms with Gasteiger partial charge in [-0.3, -0.25) is 4.55 Å². The van der Waals surface area contributed by atoms with E-state index in [4.69, 9.17) is 4.55 Å². The van der Waals surface area contributed by atoms with Crippen LogP contribution in [0.15, 0.2) is 24.3 Å². The van der Waals surface area contributed by atoms with Gasteiger partial charge in [-0.25, -0.2) is 0 Å². The first-order valence-corrected chi connectivity index (χ1v) is 10.3. The van der Waals surface area contributed by atoms with Crippen LogP contribution in [0.5, 0.6) is 0 Å². The van der Waals surface area contributed by atoms with Crippen LogP contribution in [0, 0.1) is 5.41 Å². The Morgan fingerprint density at radius 2 is 1.60 bits per heavy atom. The van der Waals surface area contributed by atoms with E-state index >= 15 is 0 Å². The highest BCUT2D eigenvalue weighted by Gasteiger charge is 2.33. The number of unbranched alkanes of at least 4 members (excludes halogenated alkanes) is 1. The second-order valence-electron chi connectivity index (χ2n) is 7.18. The Morgan fingerprint density at radius 1 is 1.00 bits per heavy atom. The SMILES string of the molecule is O=S(=O)(O)CCCCC1(Cc2ccc(C(F)(F)F)cc2)CCCCC1. The topological polar surface area (TPSA) is 54.4 Å². The number of benzene rings is 1.